The summed E-state index contributed by atoms with van der Waals surface area (Å²) in [6.07, 6.45) is 6.45. The molecule has 21 heavy (non-hydrogen) atoms. The van der Waals surface area contributed by atoms with Crippen molar-refractivity contribution in [1.82, 2.24) is 15.3 Å². The number of aliphatic imine (C=N–C) groups is 1. The van der Waals surface area contributed by atoms with Crippen molar-refractivity contribution in [1.29, 1.82) is 0 Å². The summed E-state index contributed by atoms with van der Waals surface area (Å²) in [6, 6.07) is 3.60. The molecule has 3 rings (SSSR count). The lowest BCUT2D eigenvalue weighted by molar-refractivity contribution is -0.115. The zero-order valence-corrected chi connectivity index (χ0v) is 12.4. The number of aromatic nitrogens is 2. The van der Waals surface area contributed by atoms with E-state index in [9.17, 15) is 4.79 Å². The van der Waals surface area contributed by atoms with Crippen LogP contribution < -0.4 is 5.32 Å². The van der Waals surface area contributed by atoms with E-state index in [4.69, 9.17) is 11.6 Å². The molecular weight excluding hydrogens is 288 g/mol. The number of unbranched alkanes of at least 4 members (excludes halogenated alkanes) is 1. The number of amides is 1. The van der Waals surface area contributed by atoms with E-state index in [1.165, 1.54) is 0 Å². The standard InChI is InChI=1S/C15H15ClN4O/c1-2-3-4-13-18-11(15(21)20-13)7-9-8-17-14-10(9)5-6-12(16)19-14/h5-8H,2-4H2,1H3,(H,17,19)(H,18,20,21)/b11-7-. The SMILES string of the molecule is CCCCC1=N/C(=C\c2c[nH]c3nc(Cl)ccc23)C(=O)N1. The molecule has 108 valence electrons. The van der Waals surface area contributed by atoms with Crippen LogP contribution in [0.5, 0.6) is 0 Å². The zero-order valence-electron chi connectivity index (χ0n) is 11.6. The van der Waals surface area contributed by atoms with Gasteiger partial charge in [-0.3, -0.25) is 4.79 Å². The van der Waals surface area contributed by atoms with Gasteiger partial charge in [0.1, 0.15) is 22.3 Å². The van der Waals surface area contributed by atoms with E-state index >= 15 is 0 Å². The van der Waals surface area contributed by atoms with E-state index in [0.717, 1.165) is 36.0 Å². The Kier molecular flexibility index (Phi) is 3.75. The van der Waals surface area contributed by atoms with Gasteiger partial charge in [0.05, 0.1) is 0 Å². The second kappa shape index (κ2) is 5.69. The lowest BCUT2D eigenvalue weighted by Crippen LogP contribution is -2.23. The van der Waals surface area contributed by atoms with Gasteiger partial charge in [0.2, 0.25) is 0 Å². The first-order valence-electron chi connectivity index (χ1n) is 6.91. The molecule has 2 aromatic rings. The van der Waals surface area contributed by atoms with Crippen LogP contribution in [0.2, 0.25) is 5.15 Å². The summed E-state index contributed by atoms with van der Waals surface area (Å²) in [5.74, 6) is 0.589. The van der Waals surface area contributed by atoms with E-state index < -0.39 is 0 Å². The molecule has 2 aromatic heterocycles. The maximum Gasteiger partial charge on any atom is 0.275 e. The molecule has 0 bridgehead atoms. The zero-order chi connectivity index (χ0) is 14.8. The molecule has 0 unspecified atom stereocenters. The number of halogens is 1. The average molecular weight is 303 g/mol. The molecule has 0 atom stereocenters. The van der Waals surface area contributed by atoms with Gasteiger partial charge in [0.25, 0.3) is 5.91 Å². The Balaban J connectivity index is 1.93. The van der Waals surface area contributed by atoms with Gasteiger partial charge in [-0.1, -0.05) is 24.9 Å². The Morgan fingerprint density at radius 2 is 2.24 bits per heavy atom. The quantitative estimate of drug-likeness (QED) is 0.672. The van der Waals surface area contributed by atoms with Crippen LogP contribution in [-0.2, 0) is 4.79 Å². The third kappa shape index (κ3) is 2.83. The number of nitrogens with zero attached hydrogens (tertiary/aromatic N) is 2. The fourth-order valence-corrected chi connectivity index (χ4v) is 2.40. The largest absolute Gasteiger partial charge is 0.345 e. The van der Waals surface area contributed by atoms with Gasteiger partial charge in [-0.2, -0.15) is 0 Å². The molecule has 2 N–H and O–H groups in total. The minimum atomic E-state index is -0.155. The molecule has 5 nitrogen and oxygen atoms in total. The van der Waals surface area contributed by atoms with Crippen LogP contribution in [0, 0.1) is 0 Å². The minimum Gasteiger partial charge on any atom is -0.345 e. The van der Waals surface area contributed by atoms with E-state index in [0.29, 0.717) is 16.5 Å². The number of carbonyl (C=O) groups excluding carboxylic acids is 1. The lowest BCUT2D eigenvalue weighted by Gasteiger charge is -1.96. The number of fused-ring (bicyclic) bond motifs is 1. The summed E-state index contributed by atoms with van der Waals surface area (Å²) < 4.78 is 0. The van der Waals surface area contributed by atoms with Crippen molar-refractivity contribution >= 4 is 40.5 Å². The number of nitrogens with one attached hydrogen (secondary N) is 2. The van der Waals surface area contributed by atoms with Crippen LogP contribution >= 0.6 is 11.6 Å². The van der Waals surface area contributed by atoms with Gasteiger partial charge in [0, 0.05) is 23.6 Å². The van der Waals surface area contributed by atoms with Crippen LogP contribution in [0.3, 0.4) is 0 Å². The fraction of sp³-hybridized carbons (Fsp3) is 0.267. The molecule has 1 aliphatic rings. The van der Waals surface area contributed by atoms with Crippen molar-refractivity contribution in [2.75, 3.05) is 0 Å². The fourth-order valence-electron chi connectivity index (χ4n) is 2.25. The Bertz CT molecular complexity index is 760. The predicted molar refractivity (Wildman–Crippen MR) is 84.2 cm³/mol. The van der Waals surface area contributed by atoms with E-state index in [1.807, 2.05) is 6.07 Å². The Hall–Kier alpha value is -2.14. The summed E-state index contributed by atoms with van der Waals surface area (Å²) in [4.78, 5) is 23.5. The van der Waals surface area contributed by atoms with Crippen molar-refractivity contribution < 1.29 is 4.79 Å². The highest BCUT2D eigenvalue weighted by Crippen LogP contribution is 2.22. The van der Waals surface area contributed by atoms with Gasteiger partial charge < -0.3 is 10.3 Å². The van der Waals surface area contributed by atoms with Gasteiger partial charge >= 0.3 is 0 Å². The number of rotatable bonds is 4. The third-order valence-corrected chi connectivity index (χ3v) is 3.55. The molecule has 0 saturated heterocycles. The first-order valence-corrected chi connectivity index (χ1v) is 7.29. The average Bonchev–Trinajstić information content (AvgIpc) is 3.01. The second-order valence-corrected chi connectivity index (χ2v) is 5.31. The van der Waals surface area contributed by atoms with Gasteiger partial charge in [-0.25, -0.2) is 9.98 Å². The highest BCUT2D eigenvalue weighted by atomic mass is 35.5. The number of aromatic amines is 1. The lowest BCUT2D eigenvalue weighted by atomic mass is 10.2. The van der Waals surface area contributed by atoms with Crippen LogP contribution in [0.4, 0.5) is 0 Å². The molecule has 0 fully saturated rings. The molecule has 0 saturated carbocycles. The van der Waals surface area contributed by atoms with E-state index in [1.54, 1.807) is 18.3 Å². The van der Waals surface area contributed by atoms with Gasteiger partial charge in [0.15, 0.2) is 0 Å². The van der Waals surface area contributed by atoms with Gasteiger partial charge in [-0.05, 0) is 24.6 Å². The van der Waals surface area contributed by atoms with Crippen molar-refractivity contribution in [2.45, 2.75) is 26.2 Å². The summed E-state index contributed by atoms with van der Waals surface area (Å²) in [5, 5.41) is 4.15. The number of amidine groups is 1. The summed E-state index contributed by atoms with van der Waals surface area (Å²) in [7, 11) is 0. The van der Waals surface area contributed by atoms with Crippen molar-refractivity contribution in [2.24, 2.45) is 4.99 Å². The van der Waals surface area contributed by atoms with Crippen LogP contribution in [0.15, 0.2) is 29.0 Å². The molecular formula is C15H15ClN4O. The van der Waals surface area contributed by atoms with Crippen molar-refractivity contribution in [3.05, 3.63) is 34.7 Å². The van der Waals surface area contributed by atoms with Crippen LogP contribution in [0.25, 0.3) is 17.1 Å². The smallest absolute Gasteiger partial charge is 0.275 e. The maximum absolute atomic E-state index is 11.9. The molecule has 6 heteroatoms. The first-order chi connectivity index (χ1) is 10.2. The molecule has 3 heterocycles. The van der Waals surface area contributed by atoms with Crippen LogP contribution in [-0.4, -0.2) is 21.7 Å². The van der Waals surface area contributed by atoms with E-state index in [2.05, 4.69) is 27.2 Å². The Labute approximate surface area is 127 Å². The molecule has 0 radical (unpaired) electrons. The monoisotopic (exact) mass is 302 g/mol. The number of hydrogen-bond donors (Lipinski definition) is 2. The number of pyridine rings is 1. The Morgan fingerprint density at radius 1 is 1.38 bits per heavy atom. The molecule has 1 amide bonds. The van der Waals surface area contributed by atoms with Crippen molar-refractivity contribution in [3.63, 3.8) is 0 Å². The van der Waals surface area contributed by atoms with Crippen molar-refractivity contribution in [3.8, 4) is 0 Å². The summed E-state index contributed by atoms with van der Waals surface area (Å²) in [6.45, 7) is 2.11. The summed E-state index contributed by atoms with van der Waals surface area (Å²) in [5.41, 5.74) is 2.00. The highest BCUT2D eigenvalue weighted by molar-refractivity contribution is 6.29. The molecule has 0 aliphatic carbocycles. The normalized spacial score (nSPS) is 16.6. The maximum atomic E-state index is 11.9. The van der Waals surface area contributed by atoms with Crippen LogP contribution in [0.1, 0.15) is 31.7 Å². The Morgan fingerprint density at radius 3 is 3.05 bits per heavy atom. The second-order valence-electron chi connectivity index (χ2n) is 4.92. The molecule has 0 spiro atoms. The minimum absolute atomic E-state index is 0.155. The third-order valence-electron chi connectivity index (χ3n) is 3.34. The number of carbonyl (C=O) groups is 1. The van der Waals surface area contributed by atoms with Gasteiger partial charge in [-0.15, -0.1) is 0 Å². The molecule has 0 aromatic carbocycles. The predicted octanol–water partition coefficient (Wildman–Crippen LogP) is 3.28. The molecule has 1 aliphatic heterocycles. The number of H-pyrrole nitrogens is 1. The summed E-state index contributed by atoms with van der Waals surface area (Å²) >= 11 is 5.86. The highest BCUT2D eigenvalue weighted by Gasteiger charge is 2.19. The topological polar surface area (TPSA) is 70.1 Å². The first kappa shape index (κ1) is 13.8. The number of hydrogen-bond acceptors (Lipinski definition) is 3. The van der Waals surface area contributed by atoms with E-state index in [-0.39, 0.29) is 5.91 Å².